The summed E-state index contributed by atoms with van der Waals surface area (Å²) in [5, 5.41) is 11.0. The van der Waals surface area contributed by atoms with Gasteiger partial charge in [0.25, 0.3) is 11.8 Å². The van der Waals surface area contributed by atoms with Crippen molar-refractivity contribution in [2.75, 3.05) is 13.5 Å². The maximum atomic E-state index is 13.3. The van der Waals surface area contributed by atoms with Gasteiger partial charge in [-0.3, -0.25) is 14.7 Å². The Morgan fingerprint density at radius 1 is 1.16 bits per heavy atom. The van der Waals surface area contributed by atoms with Gasteiger partial charge >= 0.3 is 6.18 Å². The normalized spacial score (nSPS) is 16.5. The highest BCUT2D eigenvalue weighted by Gasteiger charge is 2.31. The first kappa shape index (κ1) is 17.1. The van der Waals surface area contributed by atoms with Crippen LogP contribution in [-0.4, -0.2) is 40.5 Å². The van der Waals surface area contributed by atoms with E-state index in [2.05, 4.69) is 20.5 Å². The topological polar surface area (TPSA) is 109 Å². The van der Waals surface area contributed by atoms with Crippen molar-refractivity contribution < 1.29 is 38.5 Å². The molecule has 0 bridgehead atoms. The monoisotopic (exact) mass is 519 g/mol. The number of nitrogens with one attached hydrogen (secondary N) is 3. The van der Waals surface area contributed by atoms with Gasteiger partial charge in [0, 0.05) is 30.5 Å². The molecule has 0 saturated heterocycles. The largest absolute Gasteiger partial charge is 0.480 e. The van der Waals surface area contributed by atoms with Gasteiger partial charge in [-0.25, -0.2) is 4.98 Å². The minimum Gasteiger partial charge on any atom is -0.480 e. The number of nitrogens with zero attached hydrogens (tertiary/aromatic N) is 2. The minimum atomic E-state index is -4.61. The molecular weight excluding hydrogens is 487 g/mol. The van der Waals surface area contributed by atoms with Crippen molar-refractivity contribution in [2.24, 2.45) is 0 Å². The fourth-order valence-electron chi connectivity index (χ4n) is 3.68. The third-order valence-electron chi connectivity index (χ3n) is 5.54. The first-order valence-electron chi connectivity index (χ1n) is 14.6. The highest BCUT2D eigenvalue weighted by molar-refractivity contribution is 6.05. The molecule has 2 amide bonds. The summed E-state index contributed by atoms with van der Waals surface area (Å²) in [5.41, 5.74) is -0.472. The number of pyridine rings is 1. The van der Waals surface area contributed by atoms with Crippen molar-refractivity contribution in [3.63, 3.8) is 0 Å². The number of halogens is 3. The fourth-order valence-corrected chi connectivity index (χ4v) is 3.68. The predicted molar refractivity (Wildman–Crippen MR) is 131 cm³/mol. The Morgan fingerprint density at radius 3 is 2.76 bits per heavy atom. The molecule has 4 aromatic rings. The molecular formula is C26H24F3N5O3. The Kier molecular flexibility index (Phi) is 4.76. The Balaban J connectivity index is 1.66. The fraction of sp³-hybridized carbons (Fsp3) is 0.231. The third-order valence-corrected chi connectivity index (χ3v) is 5.54. The molecule has 2 aromatic heterocycles. The summed E-state index contributed by atoms with van der Waals surface area (Å²) in [5.74, 6) is -2.53. The number of ether oxygens (including phenoxy) is 1. The predicted octanol–water partition coefficient (Wildman–Crippen LogP) is 4.89. The Morgan fingerprint density at radius 2 is 2.00 bits per heavy atom. The van der Waals surface area contributed by atoms with E-state index in [1.165, 1.54) is 49.5 Å². The molecule has 8 nitrogen and oxygen atoms in total. The Labute approximate surface area is 221 Å². The van der Waals surface area contributed by atoms with Crippen LogP contribution in [0.3, 0.4) is 0 Å². The average molecular weight is 520 g/mol. The molecule has 11 heteroatoms. The van der Waals surface area contributed by atoms with Gasteiger partial charge in [0.2, 0.25) is 5.88 Å². The summed E-state index contributed by atoms with van der Waals surface area (Å²) >= 11 is 0. The smallest absolute Gasteiger partial charge is 0.416 e. The van der Waals surface area contributed by atoms with Crippen LogP contribution in [0.4, 0.5) is 13.2 Å². The molecule has 192 valence electrons. The number of aromatic amines is 1. The van der Waals surface area contributed by atoms with Crippen molar-refractivity contribution in [1.29, 1.82) is 0 Å². The number of hydrogen-bond acceptors (Lipinski definition) is 5. The number of benzene rings is 2. The molecule has 2 heterocycles. The van der Waals surface area contributed by atoms with Crippen molar-refractivity contribution in [3.8, 4) is 17.0 Å². The summed E-state index contributed by atoms with van der Waals surface area (Å²) in [4.78, 5) is 29.9. The number of rotatable bonds is 7. The van der Waals surface area contributed by atoms with Gasteiger partial charge in [-0.2, -0.15) is 18.3 Å². The highest BCUT2D eigenvalue weighted by atomic mass is 19.4. The minimum absolute atomic E-state index is 0.136. The van der Waals surface area contributed by atoms with Gasteiger partial charge in [0.05, 0.1) is 28.3 Å². The summed E-state index contributed by atoms with van der Waals surface area (Å²) in [6.07, 6.45) is -3.39. The third kappa shape index (κ3) is 5.40. The molecule has 0 radical (unpaired) electrons. The molecule has 0 fully saturated rings. The van der Waals surface area contributed by atoms with E-state index >= 15 is 0 Å². The zero-order valence-electron chi connectivity index (χ0n) is 27.0. The second-order valence-electron chi connectivity index (χ2n) is 7.91. The molecule has 4 rings (SSSR count). The standard InChI is InChI=1S/C26H24F3N5O3/c1-4-30-24(36)22-19-9-8-16(12-21(19)33-34-22)17-11-20(25(37-3)31-13-17)23(35)32-14(2)15-6-5-7-18(10-15)26(27,28)29/h5-14H,4H2,1-3H3,(H,30,36)(H,32,35)(H,33,34)/i1D3,3D3,4D2. The van der Waals surface area contributed by atoms with E-state index in [-0.39, 0.29) is 33.3 Å². The number of H-pyrrole nitrogens is 1. The lowest BCUT2D eigenvalue weighted by Gasteiger charge is -2.17. The van der Waals surface area contributed by atoms with Gasteiger partial charge in [-0.1, -0.05) is 18.2 Å². The molecule has 0 saturated carbocycles. The van der Waals surface area contributed by atoms with E-state index < -0.39 is 55.9 Å². The van der Waals surface area contributed by atoms with Gasteiger partial charge in [-0.15, -0.1) is 0 Å². The van der Waals surface area contributed by atoms with E-state index in [1.807, 2.05) is 0 Å². The van der Waals surface area contributed by atoms with E-state index in [1.54, 1.807) is 5.32 Å². The quantitative estimate of drug-likeness (QED) is 0.322. The number of hydrogen-bond donors (Lipinski definition) is 3. The van der Waals surface area contributed by atoms with Crippen LogP contribution in [-0.2, 0) is 6.18 Å². The summed E-state index contributed by atoms with van der Waals surface area (Å²) in [6.45, 7) is -4.73. The Bertz CT molecular complexity index is 1760. The number of aromatic nitrogens is 3. The lowest BCUT2D eigenvalue weighted by Crippen LogP contribution is -2.27. The number of alkyl halides is 3. The van der Waals surface area contributed by atoms with Gasteiger partial charge in [-0.05, 0) is 55.2 Å². The van der Waals surface area contributed by atoms with Crippen molar-refractivity contribution in [3.05, 3.63) is 77.1 Å². The SMILES string of the molecule is [2H]C([2H])([2H])Oc1ncc(-c2ccc3c(C(=O)NC([2H])([2H])C([2H])([2H])[2H])n[nH]c3c2)cc1C(=O)NC(C)c1cccc(C(F)(F)F)c1. The van der Waals surface area contributed by atoms with E-state index in [4.69, 9.17) is 15.7 Å². The number of methoxy groups -OCH3 is 1. The molecule has 2 aromatic carbocycles. The molecule has 1 unspecified atom stereocenters. The number of carbonyl (C=O) groups is 2. The number of amides is 2. The van der Waals surface area contributed by atoms with Crippen LogP contribution in [0, 0.1) is 0 Å². The lowest BCUT2D eigenvalue weighted by molar-refractivity contribution is -0.137. The second-order valence-corrected chi connectivity index (χ2v) is 7.91. The maximum Gasteiger partial charge on any atom is 0.416 e. The molecule has 3 N–H and O–H groups in total. The molecule has 37 heavy (non-hydrogen) atoms. The molecule has 0 aliphatic heterocycles. The summed E-state index contributed by atoms with van der Waals surface area (Å²) in [7, 11) is -2.99. The zero-order chi connectivity index (χ0) is 33.5. The van der Waals surface area contributed by atoms with Crippen LogP contribution in [0.25, 0.3) is 22.0 Å². The molecule has 0 aliphatic carbocycles. The van der Waals surface area contributed by atoms with Gasteiger partial charge in [0.1, 0.15) is 5.56 Å². The van der Waals surface area contributed by atoms with Crippen molar-refractivity contribution in [1.82, 2.24) is 25.8 Å². The van der Waals surface area contributed by atoms with Crippen LogP contribution in [0.2, 0.25) is 0 Å². The average Bonchev–Trinajstić information content (AvgIpc) is 3.34. The summed E-state index contributed by atoms with van der Waals surface area (Å²) in [6, 6.07) is 9.07. The number of carbonyl (C=O) groups excluding carboxylic acids is 2. The van der Waals surface area contributed by atoms with E-state index in [9.17, 15) is 22.8 Å². The molecule has 0 spiro atoms. The lowest BCUT2D eigenvalue weighted by atomic mass is 10.0. The van der Waals surface area contributed by atoms with Crippen LogP contribution in [0.1, 0.15) is 62.8 Å². The van der Waals surface area contributed by atoms with Gasteiger partial charge in [0.15, 0.2) is 5.69 Å². The highest BCUT2D eigenvalue weighted by Crippen LogP contribution is 2.31. The number of fused-ring (bicyclic) bond motifs is 1. The zero-order valence-corrected chi connectivity index (χ0v) is 19.0. The Hall–Kier alpha value is -4.41. The van der Waals surface area contributed by atoms with E-state index in [0.717, 1.165) is 12.1 Å². The van der Waals surface area contributed by atoms with Crippen LogP contribution in [0.15, 0.2) is 54.7 Å². The van der Waals surface area contributed by atoms with Crippen molar-refractivity contribution >= 4 is 22.7 Å². The first-order chi connectivity index (χ1) is 20.7. The van der Waals surface area contributed by atoms with Crippen LogP contribution in [0.5, 0.6) is 5.88 Å². The van der Waals surface area contributed by atoms with Crippen LogP contribution < -0.4 is 15.4 Å². The maximum absolute atomic E-state index is 13.3. The van der Waals surface area contributed by atoms with Crippen LogP contribution >= 0.6 is 0 Å². The van der Waals surface area contributed by atoms with E-state index in [0.29, 0.717) is 5.56 Å². The van der Waals surface area contributed by atoms with Gasteiger partial charge < -0.3 is 15.4 Å². The molecule has 0 aliphatic rings. The first-order valence-corrected chi connectivity index (χ1v) is 10.6. The second kappa shape index (κ2) is 10.3. The summed E-state index contributed by atoms with van der Waals surface area (Å²) < 4.78 is 104. The van der Waals surface area contributed by atoms with Crippen molar-refractivity contribution in [2.45, 2.75) is 26.0 Å². The molecule has 1 atom stereocenters.